The molecule has 0 saturated carbocycles. The van der Waals surface area contributed by atoms with Crippen LogP contribution in [0.15, 0.2) is 53.5 Å². The smallest absolute Gasteiger partial charge is 0.222 e. The van der Waals surface area contributed by atoms with Crippen LogP contribution in [0.4, 0.5) is 5.69 Å². The van der Waals surface area contributed by atoms with Gasteiger partial charge in [0.2, 0.25) is 5.91 Å². The minimum Gasteiger partial charge on any atom is -0.370 e. The maximum absolute atomic E-state index is 11.8. The van der Waals surface area contributed by atoms with E-state index >= 15 is 0 Å². The fourth-order valence-electron chi connectivity index (χ4n) is 2.17. The first-order chi connectivity index (χ1) is 11.5. The lowest BCUT2D eigenvalue weighted by molar-refractivity contribution is -0.121. The van der Waals surface area contributed by atoms with Gasteiger partial charge in [-0.2, -0.15) is 0 Å². The number of aryl methyl sites for hydroxylation is 2. The maximum atomic E-state index is 11.8. The summed E-state index contributed by atoms with van der Waals surface area (Å²) in [5.74, 6) is 0.274. The van der Waals surface area contributed by atoms with Gasteiger partial charge in [0.05, 0.1) is 6.54 Å². The van der Waals surface area contributed by atoms with E-state index in [1.165, 1.54) is 11.1 Å². The number of amides is 1. The number of carbonyl (C=O) groups is 1. The third kappa shape index (κ3) is 5.76. The van der Waals surface area contributed by atoms with Crippen LogP contribution in [-0.4, -0.2) is 18.4 Å². The van der Waals surface area contributed by atoms with Crippen LogP contribution in [0.5, 0.6) is 0 Å². The van der Waals surface area contributed by atoms with Crippen LogP contribution >= 0.6 is 0 Å². The molecule has 24 heavy (non-hydrogen) atoms. The molecule has 0 aliphatic heterocycles. The minimum atomic E-state index is -0.0402. The van der Waals surface area contributed by atoms with Gasteiger partial charge >= 0.3 is 0 Å². The zero-order chi connectivity index (χ0) is 17.4. The first-order valence-corrected chi connectivity index (χ1v) is 7.99. The second kappa shape index (κ2) is 8.72. The van der Waals surface area contributed by atoms with Crippen LogP contribution in [0.1, 0.15) is 23.1 Å². The van der Waals surface area contributed by atoms with Gasteiger partial charge in [0, 0.05) is 18.7 Å². The summed E-state index contributed by atoms with van der Waals surface area (Å²) in [6, 6.07) is 15.8. The average molecular weight is 324 g/mol. The monoisotopic (exact) mass is 324 g/mol. The molecule has 5 nitrogen and oxygen atoms in total. The first-order valence-electron chi connectivity index (χ1n) is 7.99. The fraction of sp³-hybridized carbons (Fsp3) is 0.263. The summed E-state index contributed by atoms with van der Waals surface area (Å²) in [5, 5.41) is 5.90. The zero-order valence-electron chi connectivity index (χ0n) is 14.2. The van der Waals surface area contributed by atoms with Gasteiger partial charge < -0.3 is 16.4 Å². The van der Waals surface area contributed by atoms with Crippen molar-refractivity contribution >= 4 is 17.6 Å². The van der Waals surface area contributed by atoms with E-state index in [2.05, 4.69) is 22.5 Å². The Kier molecular flexibility index (Phi) is 6.37. The Labute approximate surface area is 143 Å². The number of benzene rings is 2. The molecule has 0 unspecified atom stereocenters. The summed E-state index contributed by atoms with van der Waals surface area (Å²) in [4.78, 5) is 16.0. The molecule has 126 valence electrons. The van der Waals surface area contributed by atoms with E-state index in [4.69, 9.17) is 5.73 Å². The normalized spacial score (nSPS) is 11.2. The van der Waals surface area contributed by atoms with Crippen LogP contribution in [-0.2, 0) is 11.3 Å². The van der Waals surface area contributed by atoms with Crippen LogP contribution in [0.25, 0.3) is 0 Å². The summed E-state index contributed by atoms with van der Waals surface area (Å²) in [6.07, 6.45) is 0.308. The molecule has 0 bridgehead atoms. The number of hydrogen-bond acceptors (Lipinski definition) is 2. The van der Waals surface area contributed by atoms with E-state index in [0.717, 1.165) is 11.3 Å². The van der Waals surface area contributed by atoms with E-state index in [9.17, 15) is 4.79 Å². The highest BCUT2D eigenvalue weighted by molar-refractivity contribution is 5.92. The summed E-state index contributed by atoms with van der Waals surface area (Å²) in [5.41, 5.74) is 10.2. The number of hydrogen-bond donors (Lipinski definition) is 3. The van der Waals surface area contributed by atoms with Gasteiger partial charge in [-0.05, 0) is 42.7 Å². The summed E-state index contributed by atoms with van der Waals surface area (Å²) >= 11 is 0. The predicted octanol–water partition coefficient (Wildman–Crippen LogP) is 2.74. The number of rotatable bonds is 6. The standard InChI is InChI=1S/C19H24N4O/c1-14-8-9-17(12-15(14)2)23-19(20)21-11-10-18(24)22-13-16-6-4-3-5-7-16/h3-9,12H,10-11,13H2,1-2H3,(H,22,24)(H3,20,21,23). The number of nitrogens with one attached hydrogen (secondary N) is 2. The minimum absolute atomic E-state index is 0.0402. The Morgan fingerprint density at radius 3 is 2.54 bits per heavy atom. The number of aliphatic imine (C=N–C) groups is 1. The number of nitrogens with zero attached hydrogens (tertiary/aromatic N) is 1. The van der Waals surface area contributed by atoms with Crippen LogP contribution in [0, 0.1) is 13.8 Å². The Morgan fingerprint density at radius 2 is 1.83 bits per heavy atom. The third-order valence-corrected chi connectivity index (χ3v) is 3.73. The number of carbonyl (C=O) groups excluding carboxylic acids is 1. The Balaban J connectivity index is 1.74. The van der Waals surface area contributed by atoms with Crippen molar-refractivity contribution in [3.8, 4) is 0 Å². The zero-order valence-corrected chi connectivity index (χ0v) is 14.2. The van der Waals surface area contributed by atoms with Crippen LogP contribution in [0.2, 0.25) is 0 Å². The highest BCUT2D eigenvalue weighted by Crippen LogP contribution is 2.13. The summed E-state index contributed by atoms with van der Waals surface area (Å²) in [7, 11) is 0. The van der Waals surface area contributed by atoms with E-state index in [0.29, 0.717) is 25.5 Å². The highest BCUT2D eigenvalue weighted by Gasteiger charge is 2.02. The molecule has 0 aromatic heterocycles. The van der Waals surface area contributed by atoms with Gasteiger partial charge in [0.1, 0.15) is 0 Å². The Morgan fingerprint density at radius 1 is 1.08 bits per heavy atom. The number of anilines is 1. The molecule has 1 amide bonds. The van der Waals surface area contributed by atoms with Gasteiger partial charge in [-0.1, -0.05) is 36.4 Å². The molecule has 0 spiro atoms. The van der Waals surface area contributed by atoms with Crippen molar-refractivity contribution in [2.24, 2.45) is 10.7 Å². The Hall–Kier alpha value is -2.82. The van der Waals surface area contributed by atoms with Gasteiger partial charge in [-0.15, -0.1) is 0 Å². The SMILES string of the molecule is Cc1ccc(NC(N)=NCCC(=O)NCc2ccccc2)cc1C. The molecule has 0 fully saturated rings. The molecular formula is C19H24N4O. The van der Waals surface area contributed by atoms with Crippen molar-refractivity contribution in [3.63, 3.8) is 0 Å². The van der Waals surface area contributed by atoms with Crippen LogP contribution < -0.4 is 16.4 Å². The quantitative estimate of drug-likeness (QED) is 0.564. The molecule has 0 aliphatic carbocycles. The molecule has 2 rings (SSSR count). The van der Waals surface area contributed by atoms with Gasteiger partial charge in [-0.3, -0.25) is 9.79 Å². The Bertz CT molecular complexity index is 711. The van der Waals surface area contributed by atoms with E-state index in [1.807, 2.05) is 55.5 Å². The van der Waals surface area contributed by atoms with Crippen molar-refractivity contribution in [1.29, 1.82) is 0 Å². The number of guanidine groups is 1. The lowest BCUT2D eigenvalue weighted by Crippen LogP contribution is -2.25. The van der Waals surface area contributed by atoms with Gasteiger partial charge in [-0.25, -0.2) is 0 Å². The van der Waals surface area contributed by atoms with Gasteiger partial charge in [0.15, 0.2) is 5.96 Å². The molecule has 0 radical (unpaired) electrons. The number of nitrogens with two attached hydrogens (primary N) is 1. The molecule has 0 aliphatic rings. The molecule has 0 saturated heterocycles. The second-order valence-corrected chi connectivity index (χ2v) is 5.70. The molecule has 4 N–H and O–H groups in total. The summed E-state index contributed by atoms with van der Waals surface area (Å²) < 4.78 is 0. The van der Waals surface area contributed by atoms with E-state index < -0.39 is 0 Å². The van der Waals surface area contributed by atoms with Crippen molar-refractivity contribution in [2.45, 2.75) is 26.8 Å². The second-order valence-electron chi connectivity index (χ2n) is 5.70. The van der Waals surface area contributed by atoms with E-state index in [1.54, 1.807) is 0 Å². The lowest BCUT2D eigenvalue weighted by atomic mass is 10.1. The van der Waals surface area contributed by atoms with Crippen molar-refractivity contribution in [2.75, 3.05) is 11.9 Å². The van der Waals surface area contributed by atoms with Crippen molar-refractivity contribution in [1.82, 2.24) is 5.32 Å². The summed E-state index contributed by atoms with van der Waals surface area (Å²) in [6.45, 7) is 4.99. The van der Waals surface area contributed by atoms with Crippen molar-refractivity contribution in [3.05, 3.63) is 65.2 Å². The molecule has 2 aromatic rings. The first kappa shape index (κ1) is 17.5. The van der Waals surface area contributed by atoms with Crippen molar-refractivity contribution < 1.29 is 4.79 Å². The maximum Gasteiger partial charge on any atom is 0.222 e. The molecular weight excluding hydrogens is 300 g/mol. The fourth-order valence-corrected chi connectivity index (χ4v) is 2.17. The third-order valence-electron chi connectivity index (χ3n) is 3.73. The molecule has 5 heteroatoms. The molecule has 0 heterocycles. The molecule has 2 aromatic carbocycles. The topological polar surface area (TPSA) is 79.5 Å². The largest absolute Gasteiger partial charge is 0.370 e. The average Bonchev–Trinajstić information content (AvgIpc) is 2.57. The highest BCUT2D eigenvalue weighted by atomic mass is 16.1. The van der Waals surface area contributed by atoms with Gasteiger partial charge in [0.25, 0.3) is 0 Å². The van der Waals surface area contributed by atoms with E-state index in [-0.39, 0.29) is 5.91 Å². The molecule has 0 atom stereocenters. The predicted molar refractivity (Wildman–Crippen MR) is 98.9 cm³/mol. The lowest BCUT2D eigenvalue weighted by Gasteiger charge is -2.08. The van der Waals surface area contributed by atoms with Crippen LogP contribution in [0.3, 0.4) is 0 Å².